The molecule has 1 aliphatic rings. The van der Waals surface area contributed by atoms with Gasteiger partial charge in [0.15, 0.2) is 0 Å². The third-order valence-corrected chi connectivity index (χ3v) is 6.60. The number of amides is 1. The molecule has 0 aliphatic carbocycles. The molecule has 152 valence electrons. The summed E-state index contributed by atoms with van der Waals surface area (Å²) < 4.78 is 10.7. The zero-order valence-electron chi connectivity index (χ0n) is 16.6. The Labute approximate surface area is 173 Å². The Morgan fingerprint density at radius 2 is 2.28 bits per heavy atom. The molecular formula is C22H24N2O4S. The smallest absolute Gasteiger partial charge is 0.339 e. The molecule has 0 radical (unpaired) electrons. The van der Waals surface area contributed by atoms with Crippen molar-refractivity contribution in [2.24, 2.45) is 0 Å². The van der Waals surface area contributed by atoms with E-state index in [1.54, 1.807) is 24.5 Å². The zero-order valence-corrected chi connectivity index (χ0v) is 17.5. The molecule has 4 rings (SSSR count). The van der Waals surface area contributed by atoms with E-state index in [0.29, 0.717) is 42.2 Å². The van der Waals surface area contributed by atoms with Crippen LogP contribution in [0.1, 0.15) is 41.3 Å². The average molecular weight is 413 g/mol. The normalized spacial score (nSPS) is 16.9. The molecule has 29 heavy (non-hydrogen) atoms. The van der Waals surface area contributed by atoms with Crippen molar-refractivity contribution in [3.05, 3.63) is 56.3 Å². The van der Waals surface area contributed by atoms with E-state index < -0.39 is 0 Å². The second kappa shape index (κ2) is 8.37. The van der Waals surface area contributed by atoms with Crippen molar-refractivity contribution in [3.63, 3.8) is 0 Å². The molecule has 1 unspecified atom stereocenters. The Morgan fingerprint density at radius 3 is 3.03 bits per heavy atom. The highest BCUT2D eigenvalue weighted by molar-refractivity contribution is 7.09. The monoisotopic (exact) mass is 412 g/mol. The maximum absolute atomic E-state index is 12.8. The number of thiazole rings is 1. The molecule has 0 saturated carbocycles. The number of piperidine rings is 1. The van der Waals surface area contributed by atoms with Gasteiger partial charge in [-0.3, -0.25) is 4.79 Å². The molecule has 3 heterocycles. The van der Waals surface area contributed by atoms with E-state index in [1.165, 1.54) is 0 Å². The molecule has 6 nitrogen and oxygen atoms in total. The Kier molecular flexibility index (Phi) is 5.67. The Hall–Kier alpha value is -2.67. The minimum Gasteiger partial charge on any atom is -0.497 e. The Morgan fingerprint density at radius 1 is 1.41 bits per heavy atom. The molecule has 7 heteroatoms. The highest BCUT2D eigenvalue weighted by Crippen LogP contribution is 2.29. The van der Waals surface area contributed by atoms with Crippen LogP contribution in [0.5, 0.6) is 5.75 Å². The molecule has 1 fully saturated rings. The third-order valence-electron chi connectivity index (χ3n) is 5.66. The quantitative estimate of drug-likeness (QED) is 0.594. The predicted molar refractivity (Wildman–Crippen MR) is 113 cm³/mol. The third kappa shape index (κ3) is 4.05. The minimum absolute atomic E-state index is 0.0832. The summed E-state index contributed by atoms with van der Waals surface area (Å²) in [6.45, 7) is 3.38. The van der Waals surface area contributed by atoms with E-state index in [1.807, 2.05) is 35.5 Å². The molecule has 2 aromatic heterocycles. The Bertz CT molecular complexity index is 1070. The van der Waals surface area contributed by atoms with Crippen LogP contribution < -0.4 is 10.4 Å². The molecule has 1 amide bonds. The zero-order chi connectivity index (χ0) is 20.4. The number of benzene rings is 1. The lowest BCUT2D eigenvalue weighted by Crippen LogP contribution is -2.39. The van der Waals surface area contributed by atoms with Crippen LogP contribution in [0.25, 0.3) is 11.0 Å². The lowest BCUT2D eigenvalue weighted by atomic mass is 9.97. The van der Waals surface area contributed by atoms with Crippen molar-refractivity contribution >= 4 is 28.2 Å². The fourth-order valence-electron chi connectivity index (χ4n) is 4.02. The van der Waals surface area contributed by atoms with E-state index in [2.05, 4.69) is 4.98 Å². The van der Waals surface area contributed by atoms with E-state index in [0.717, 1.165) is 35.3 Å². The van der Waals surface area contributed by atoms with Gasteiger partial charge in [0.25, 0.3) is 0 Å². The number of fused-ring (bicyclic) bond motifs is 1. The van der Waals surface area contributed by atoms with Gasteiger partial charge >= 0.3 is 5.63 Å². The van der Waals surface area contributed by atoms with Crippen LogP contribution >= 0.6 is 11.3 Å². The number of aryl methyl sites for hydroxylation is 1. The van der Waals surface area contributed by atoms with Gasteiger partial charge in [-0.15, -0.1) is 11.3 Å². The van der Waals surface area contributed by atoms with Crippen molar-refractivity contribution in [3.8, 4) is 5.75 Å². The van der Waals surface area contributed by atoms with Crippen molar-refractivity contribution < 1.29 is 13.9 Å². The molecule has 1 atom stereocenters. The summed E-state index contributed by atoms with van der Waals surface area (Å²) in [6.07, 6.45) is 4.55. The van der Waals surface area contributed by atoms with Gasteiger partial charge in [-0.25, -0.2) is 9.78 Å². The molecule has 1 saturated heterocycles. The van der Waals surface area contributed by atoms with Crippen LogP contribution in [-0.4, -0.2) is 36.0 Å². The molecule has 1 aliphatic heterocycles. The summed E-state index contributed by atoms with van der Waals surface area (Å²) >= 11 is 1.65. The van der Waals surface area contributed by atoms with Crippen molar-refractivity contribution in [1.29, 1.82) is 0 Å². The highest BCUT2D eigenvalue weighted by atomic mass is 32.1. The molecular weight excluding hydrogens is 388 g/mol. The van der Waals surface area contributed by atoms with Gasteiger partial charge in [0.2, 0.25) is 5.91 Å². The van der Waals surface area contributed by atoms with Crippen molar-refractivity contribution in [2.75, 3.05) is 20.2 Å². The summed E-state index contributed by atoms with van der Waals surface area (Å²) in [6, 6.07) is 5.45. The number of carbonyl (C=O) groups excluding carboxylic acids is 1. The number of ether oxygens (including phenoxy) is 1. The van der Waals surface area contributed by atoms with E-state index in [-0.39, 0.29) is 11.5 Å². The second-order valence-corrected chi connectivity index (χ2v) is 8.33. The maximum Gasteiger partial charge on any atom is 0.339 e. The van der Waals surface area contributed by atoms with Crippen LogP contribution in [0.2, 0.25) is 0 Å². The summed E-state index contributed by atoms with van der Waals surface area (Å²) in [4.78, 5) is 31.7. The second-order valence-electron chi connectivity index (χ2n) is 7.40. The largest absolute Gasteiger partial charge is 0.497 e. The first-order valence-corrected chi connectivity index (χ1v) is 10.7. The van der Waals surface area contributed by atoms with Crippen molar-refractivity contribution in [2.45, 2.75) is 38.5 Å². The predicted octanol–water partition coefficient (Wildman–Crippen LogP) is 3.91. The van der Waals surface area contributed by atoms with Gasteiger partial charge in [0.1, 0.15) is 11.3 Å². The number of likely N-dealkylation sites (tertiary alicyclic amines) is 1. The first kappa shape index (κ1) is 19.6. The number of hydrogen-bond acceptors (Lipinski definition) is 6. The fraction of sp³-hybridized carbons (Fsp3) is 0.409. The van der Waals surface area contributed by atoms with Crippen LogP contribution in [0, 0.1) is 6.92 Å². The topological polar surface area (TPSA) is 72.6 Å². The summed E-state index contributed by atoms with van der Waals surface area (Å²) in [5.41, 5.74) is 1.56. The van der Waals surface area contributed by atoms with Gasteiger partial charge in [-0.1, -0.05) is 0 Å². The van der Waals surface area contributed by atoms with Gasteiger partial charge in [-0.05, 0) is 43.9 Å². The van der Waals surface area contributed by atoms with Crippen molar-refractivity contribution in [1.82, 2.24) is 9.88 Å². The number of carbonyl (C=O) groups is 1. The number of rotatable bonds is 5. The minimum atomic E-state index is -0.379. The molecule has 0 bridgehead atoms. The summed E-state index contributed by atoms with van der Waals surface area (Å²) in [5.74, 6) is 1.04. The number of nitrogens with zero attached hydrogens (tertiary/aromatic N) is 2. The standard InChI is InChI=1S/C22H24N2O4S/c1-14-17-6-5-16(27-2)12-19(17)28-22(26)18(14)7-8-20(25)24-10-3-4-15(13-24)21-23-9-11-29-21/h5-6,9,11-12,15H,3-4,7-8,10,13H2,1-2H3. The fourth-order valence-corrected chi connectivity index (χ4v) is 4.79. The van der Waals surface area contributed by atoms with E-state index >= 15 is 0 Å². The Balaban J connectivity index is 1.47. The lowest BCUT2D eigenvalue weighted by molar-refractivity contribution is -0.132. The first-order chi connectivity index (χ1) is 14.1. The van der Waals surface area contributed by atoms with Gasteiger partial charge in [0.05, 0.1) is 12.1 Å². The highest BCUT2D eigenvalue weighted by Gasteiger charge is 2.26. The summed E-state index contributed by atoms with van der Waals surface area (Å²) in [7, 11) is 1.58. The molecule has 3 aromatic rings. The van der Waals surface area contributed by atoms with Crippen LogP contribution in [0.15, 0.2) is 39.0 Å². The van der Waals surface area contributed by atoms with Gasteiger partial charge in [0, 0.05) is 54.0 Å². The molecule has 0 spiro atoms. The van der Waals surface area contributed by atoms with Gasteiger partial charge < -0.3 is 14.1 Å². The van der Waals surface area contributed by atoms with Crippen LogP contribution in [0.3, 0.4) is 0 Å². The average Bonchev–Trinajstić information content (AvgIpc) is 3.28. The first-order valence-electron chi connectivity index (χ1n) is 9.84. The number of hydrogen-bond donors (Lipinski definition) is 0. The van der Waals surface area contributed by atoms with E-state index in [9.17, 15) is 9.59 Å². The summed E-state index contributed by atoms with van der Waals surface area (Å²) in [5, 5.41) is 3.95. The number of methoxy groups -OCH3 is 1. The lowest BCUT2D eigenvalue weighted by Gasteiger charge is -2.32. The SMILES string of the molecule is COc1ccc2c(C)c(CCC(=O)N3CCCC(c4nccs4)C3)c(=O)oc2c1. The van der Waals surface area contributed by atoms with Crippen LogP contribution in [0.4, 0.5) is 0 Å². The van der Waals surface area contributed by atoms with Gasteiger partial charge in [-0.2, -0.15) is 0 Å². The number of aromatic nitrogens is 1. The molecule has 1 aromatic carbocycles. The van der Waals surface area contributed by atoms with Crippen LogP contribution in [-0.2, 0) is 11.2 Å². The maximum atomic E-state index is 12.8. The molecule has 0 N–H and O–H groups in total. The van der Waals surface area contributed by atoms with E-state index in [4.69, 9.17) is 9.15 Å².